The minimum absolute atomic E-state index is 0.0297. The second-order valence-electron chi connectivity index (χ2n) is 10.1. The second-order valence-corrected chi connectivity index (χ2v) is 17.2. The highest BCUT2D eigenvalue weighted by atomic mass is 79.9. The Kier molecular flexibility index (Phi) is 5.57. The van der Waals surface area contributed by atoms with E-state index in [-0.39, 0.29) is 24.7 Å². The van der Waals surface area contributed by atoms with Gasteiger partial charge in [-0.3, -0.25) is 19.2 Å². The van der Waals surface area contributed by atoms with Crippen molar-refractivity contribution >= 4 is 87.3 Å². The van der Waals surface area contributed by atoms with Gasteiger partial charge < -0.3 is 22.9 Å². The van der Waals surface area contributed by atoms with Crippen LogP contribution in [0.3, 0.4) is 0 Å². The standard InChI is InChI=1S/C20H26Br4N4O4/c21-19(22)9-1-3-15(7-9,11(25)29)17(19,13(27)31)5-6-18(14(28)32)16(12(26)30)4-2-10(8-16)20(18,23)24/h9-10H,1-8H2,(H2,25,29)(H2,26,30)(H2,27,31)(H2,28,32). The van der Waals surface area contributed by atoms with Gasteiger partial charge in [0.2, 0.25) is 23.6 Å². The minimum atomic E-state index is -1.42. The van der Waals surface area contributed by atoms with Crippen molar-refractivity contribution < 1.29 is 19.2 Å². The molecule has 178 valence electrons. The van der Waals surface area contributed by atoms with Crippen molar-refractivity contribution in [2.45, 2.75) is 57.8 Å². The molecule has 0 aromatic heterocycles. The van der Waals surface area contributed by atoms with Crippen LogP contribution in [0.25, 0.3) is 0 Å². The van der Waals surface area contributed by atoms with E-state index in [1.807, 2.05) is 0 Å². The summed E-state index contributed by atoms with van der Waals surface area (Å²) in [6, 6.07) is 0. The van der Waals surface area contributed by atoms with Crippen LogP contribution in [-0.2, 0) is 19.2 Å². The topological polar surface area (TPSA) is 172 Å². The molecule has 0 aliphatic heterocycles. The number of fused-ring (bicyclic) bond motifs is 4. The van der Waals surface area contributed by atoms with Gasteiger partial charge in [-0.15, -0.1) is 0 Å². The van der Waals surface area contributed by atoms with Gasteiger partial charge in [0.05, 0.1) is 28.1 Å². The highest BCUT2D eigenvalue weighted by Gasteiger charge is 2.81. The molecular formula is C20H26Br4N4O4. The van der Waals surface area contributed by atoms with Gasteiger partial charge in [0, 0.05) is 0 Å². The maximum atomic E-state index is 13.2. The lowest BCUT2D eigenvalue weighted by molar-refractivity contribution is -0.154. The Labute approximate surface area is 219 Å². The zero-order chi connectivity index (χ0) is 24.1. The smallest absolute Gasteiger partial charge is 0.227 e. The molecule has 32 heavy (non-hydrogen) atoms. The molecule has 0 aromatic rings. The van der Waals surface area contributed by atoms with Crippen LogP contribution < -0.4 is 22.9 Å². The molecule has 6 atom stereocenters. The molecule has 4 aliphatic carbocycles. The Balaban J connectivity index is 1.87. The zero-order valence-electron chi connectivity index (χ0n) is 17.3. The maximum Gasteiger partial charge on any atom is 0.227 e. The Morgan fingerprint density at radius 3 is 1.19 bits per heavy atom. The molecule has 8 nitrogen and oxygen atoms in total. The fourth-order valence-electron chi connectivity index (χ4n) is 7.92. The lowest BCUT2D eigenvalue weighted by Gasteiger charge is -2.54. The van der Waals surface area contributed by atoms with E-state index < -0.39 is 51.8 Å². The summed E-state index contributed by atoms with van der Waals surface area (Å²) in [6.45, 7) is 0. The average Bonchev–Trinajstić information content (AvgIpc) is 3.37. The quantitative estimate of drug-likeness (QED) is 0.298. The van der Waals surface area contributed by atoms with E-state index in [0.717, 1.165) is 0 Å². The molecule has 0 spiro atoms. The van der Waals surface area contributed by atoms with Gasteiger partial charge in [0.1, 0.15) is 0 Å². The van der Waals surface area contributed by atoms with Crippen LogP contribution in [0.4, 0.5) is 0 Å². The molecule has 0 aromatic carbocycles. The van der Waals surface area contributed by atoms with E-state index in [0.29, 0.717) is 38.5 Å². The third kappa shape index (κ3) is 2.43. The Bertz CT molecular complexity index is 871. The molecule has 4 aliphatic rings. The van der Waals surface area contributed by atoms with Gasteiger partial charge >= 0.3 is 0 Å². The first-order valence-electron chi connectivity index (χ1n) is 10.6. The first-order chi connectivity index (χ1) is 14.6. The summed E-state index contributed by atoms with van der Waals surface area (Å²) in [5, 5.41) is 0. The van der Waals surface area contributed by atoms with Crippen LogP contribution >= 0.6 is 63.7 Å². The van der Waals surface area contributed by atoms with E-state index in [1.165, 1.54) is 0 Å². The van der Waals surface area contributed by atoms with Crippen molar-refractivity contribution in [1.29, 1.82) is 0 Å². The summed E-state index contributed by atoms with van der Waals surface area (Å²) in [6.07, 6.45) is 3.12. The van der Waals surface area contributed by atoms with Gasteiger partial charge in [-0.05, 0) is 63.2 Å². The number of hydrogen-bond donors (Lipinski definition) is 4. The zero-order valence-corrected chi connectivity index (χ0v) is 23.6. The Morgan fingerprint density at radius 1 is 0.625 bits per heavy atom. The number of rotatable bonds is 7. The van der Waals surface area contributed by atoms with Gasteiger partial charge in [0.15, 0.2) is 0 Å². The fraction of sp³-hybridized carbons (Fsp3) is 0.800. The van der Waals surface area contributed by atoms with Crippen LogP contribution in [0.5, 0.6) is 0 Å². The van der Waals surface area contributed by atoms with Crippen LogP contribution in [0.2, 0.25) is 0 Å². The summed E-state index contributed by atoms with van der Waals surface area (Å²) < 4.78 is -1.96. The van der Waals surface area contributed by atoms with Crippen molar-refractivity contribution in [3.8, 4) is 0 Å². The van der Waals surface area contributed by atoms with Gasteiger partial charge in [-0.2, -0.15) is 0 Å². The Hall–Kier alpha value is -0.200. The number of alkyl halides is 4. The number of carbonyl (C=O) groups is 4. The molecule has 4 bridgehead atoms. The van der Waals surface area contributed by atoms with E-state index in [4.69, 9.17) is 22.9 Å². The van der Waals surface area contributed by atoms with Crippen molar-refractivity contribution in [2.75, 3.05) is 0 Å². The summed E-state index contributed by atoms with van der Waals surface area (Å²) in [5.74, 6) is -2.66. The van der Waals surface area contributed by atoms with Crippen LogP contribution in [-0.4, -0.2) is 30.1 Å². The van der Waals surface area contributed by atoms with E-state index in [1.54, 1.807) is 0 Å². The lowest BCUT2D eigenvalue weighted by atomic mass is 9.54. The summed E-state index contributed by atoms with van der Waals surface area (Å²) >= 11 is 14.7. The van der Waals surface area contributed by atoms with Crippen molar-refractivity contribution in [3.05, 3.63) is 0 Å². The largest absolute Gasteiger partial charge is 0.369 e. The molecular weight excluding hydrogens is 680 g/mol. The molecule has 4 saturated carbocycles. The van der Waals surface area contributed by atoms with Gasteiger partial charge in [-0.25, -0.2) is 0 Å². The maximum absolute atomic E-state index is 13.2. The number of carbonyl (C=O) groups excluding carboxylic acids is 4. The highest BCUT2D eigenvalue weighted by Crippen LogP contribution is 2.79. The van der Waals surface area contributed by atoms with Crippen molar-refractivity contribution in [3.63, 3.8) is 0 Å². The predicted octanol–water partition coefficient (Wildman–Crippen LogP) is 2.25. The third-order valence-electron chi connectivity index (χ3n) is 9.49. The fourth-order valence-corrected chi connectivity index (χ4v) is 12.6. The molecule has 6 unspecified atom stereocenters. The highest BCUT2D eigenvalue weighted by molar-refractivity contribution is 9.25. The van der Waals surface area contributed by atoms with Gasteiger partial charge in [-0.1, -0.05) is 63.7 Å². The summed E-state index contributed by atoms with van der Waals surface area (Å²) in [7, 11) is 0. The van der Waals surface area contributed by atoms with E-state index >= 15 is 0 Å². The molecule has 0 saturated heterocycles. The van der Waals surface area contributed by atoms with Crippen LogP contribution in [0, 0.1) is 33.5 Å². The van der Waals surface area contributed by atoms with Crippen molar-refractivity contribution in [1.82, 2.24) is 0 Å². The average molecular weight is 706 g/mol. The predicted molar refractivity (Wildman–Crippen MR) is 132 cm³/mol. The van der Waals surface area contributed by atoms with Gasteiger partial charge in [0.25, 0.3) is 0 Å². The number of hydrogen-bond acceptors (Lipinski definition) is 4. The molecule has 4 fully saturated rings. The molecule has 4 rings (SSSR count). The first kappa shape index (κ1) is 24.9. The second kappa shape index (κ2) is 7.16. The Morgan fingerprint density at radius 2 is 0.938 bits per heavy atom. The van der Waals surface area contributed by atoms with E-state index in [2.05, 4.69) is 63.7 Å². The van der Waals surface area contributed by atoms with Crippen LogP contribution in [0.15, 0.2) is 0 Å². The normalized spacial score (nSPS) is 45.1. The molecule has 0 radical (unpaired) electrons. The summed E-state index contributed by atoms with van der Waals surface area (Å²) in [4.78, 5) is 52.0. The van der Waals surface area contributed by atoms with Crippen molar-refractivity contribution in [2.24, 2.45) is 56.4 Å². The minimum Gasteiger partial charge on any atom is -0.369 e. The lowest BCUT2D eigenvalue weighted by Crippen LogP contribution is -2.65. The number of amides is 4. The van der Waals surface area contributed by atoms with E-state index in [9.17, 15) is 19.2 Å². The monoisotopic (exact) mass is 702 g/mol. The number of halogens is 4. The molecule has 8 N–H and O–H groups in total. The third-order valence-corrected chi connectivity index (χ3v) is 14.8. The SMILES string of the molecule is NC(=O)C12CCC(C1)C(Br)(Br)C2(CCC1(C(N)=O)C2(C(N)=O)CCC(C2)C1(Br)Br)C(N)=O. The molecule has 12 heteroatoms. The molecule has 0 heterocycles. The first-order valence-corrected chi connectivity index (χ1v) is 13.7. The summed E-state index contributed by atoms with van der Waals surface area (Å²) in [5.41, 5.74) is 18.6. The number of primary amides is 4. The number of nitrogens with two attached hydrogens (primary N) is 4. The van der Waals surface area contributed by atoms with Crippen LogP contribution in [0.1, 0.15) is 51.4 Å². The molecule has 4 amide bonds.